The van der Waals surface area contributed by atoms with Crippen LogP contribution in [0.25, 0.3) is 0 Å². The molecule has 1 heterocycles. The van der Waals surface area contributed by atoms with Crippen LogP contribution in [0.2, 0.25) is 0 Å². The molecule has 1 rings (SSSR count). The summed E-state index contributed by atoms with van der Waals surface area (Å²) in [4.78, 5) is 24.0. The molecule has 4 nitrogen and oxygen atoms in total. The predicted octanol–water partition coefficient (Wildman–Crippen LogP) is 0.330. The van der Waals surface area contributed by atoms with Gasteiger partial charge in [-0.05, 0) is 12.0 Å². The van der Waals surface area contributed by atoms with Gasteiger partial charge in [-0.15, -0.1) is 0 Å². The van der Waals surface area contributed by atoms with Gasteiger partial charge >= 0.3 is 5.97 Å². The molecule has 0 spiro atoms. The van der Waals surface area contributed by atoms with E-state index in [1.807, 2.05) is 0 Å². The summed E-state index contributed by atoms with van der Waals surface area (Å²) in [5.74, 6) is 3.55. The molecular weight excluding hydrogens is 170 g/mol. The number of carboxylic acids is 1. The average molecular weight is 175 g/mol. The number of nitrogens with zero attached hydrogens (tertiary/aromatic N) is 1. The quantitative estimate of drug-likeness (QED) is 0.493. The van der Waals surface area contributed by atoms with Crippen molar-refractivity contribution in [1.29, 1.82) is 0 Å². The van der Waals surface area contributed by atoms with Crippen molar-refractivity contribution < 1.29 is 14.7 Å². The Labute approximate surface area is 74.2 Å². The van der Waals surface area contributed by atoms with Crippen LogP contribution in [0.1, 0.15) is 15.9 Å². The second kappa shape index (κ2) is 4.02. The lowest BCUT2D eigenvalue weighted by Crippen LogP contribution is -1.97. The van der Waals surface area contributed by atoms with E-state index in [-0.39, 0.29) is 5.56 Å². The van der Waals surface area contributed by atoms with Gasteiger partial charge in [0.05, 0.1) is 5.56 Å². The zero-order chi connectivity index (χ0) is 9.68. The van der Waals surface area contributed by atoms with Gasteiger partial charge in [-0.2, -0.15) is 0 Å². The molecule has 0 amide bonds. The topological polar surface area (TPSA) is 67.3 Å². The molecular formula is C9H5NO3. The van der Waals surface area contributed by atoms with Crippen LogP contribution in [-0.4, -0.2) is 22.3 Å². The summed E-state index contributed by atoms with van der Waals surface area (Å²) in [5, 5.41) is 8.58. The fourth-order valence-electron chi connectivity index (χ4n) is 0.738. The minimum absolute atomic E-state index is 0.0534. The number of aromatic nitrogens is 1. The van der Waals surface area contributed by atoms with E-state index in [9.17, 15) is 9.59 Å². The number of carbonyl (C=O) groups excluding carboxylic acids is 1. The van der Waals surface area contributed by atoms with Crippen molar-refractivity contribution in [3.63, 3.8) is 0 Å². The van der Waals surface area contributed by atoms with Crippen molar-refractivity contribution in [2.45, 2.75) is 0 Å². The Hall–Kier alpha value is -2.15. The van der Waals surface area contributed by atoms with Crippen molar-refractivity contribution in [3.05, 3.63) is 29.6 Å². The molecule has 0 saturated heterocycles. The van der Waals surface area contributed by atoms with Gasteiger partial charge in [-0.1, -0.05) is 5.92 Å². The van der Waals surface area contributed by atoms with E-state index < -0.39 is 5.97 Å². The highest BCUT2D eigenvalue weighted by molar-refractivity contribution is 5.87. The van der Waals surface area contributed by atoms with Gasteiger partial charge < -0.3 is 5.11 Å². The SMILES string of the molecule is O=CC#Cc1cncc(C(=O)O)c1. The fraction of sp³-hybridized carbons (Fsp3) is 0. The van der Waals surface area contributed by atoms with E-state index in [4.69, 9.17) is 5.11 Å². The molecule has 0 bridgehead atoms. The largest absolute Gasteiger partial charge is 0.478 e. The van der Waals surface area contributed by atoms with Gasteiger partial charge in [0.1, 0.15) is 0 Å². The van der Waals surface area contributed by atoms with Gasteiger partial charge in [-0.25, -0.2) is 4.79 Å². The molecule has 13 heavy (non-hydrogen) atoms. The molecule has 1 aromatic heterocycles. The third-order valence-electron chi connectivity index (χ3n) is 1.26. The van der Waals surface area contributed by atoms with Gasteiger partial charge in [0.15, 0.2) is 6.29 Å². The maximum Gasteiger partial charge on any atom is 0.337 e. The highest BCUT2D eigenvalue weighted by Gasteiger charge is 2.01. The number of hydrogen-bond donors (Lipinski definition) is 1. The second-order valence-corrected chi connectivity index (χ2v) is 2.15. The Morgan fingerprint density at radius 3 is 2.92 bits per heavy atom. The molecule has 0 aliphatic heterocycles. The molecule has 0 fully saturated rings. The number of rotatable bonds is 1. The number of aromatic carboxylic acids is 1. The van der Waals surface area contributed by atoms with Crippen LogP contribution in [0.4, 0.5) is 0 Å². The van der Waals surface area contributed by atoms with Crippen LogP contribution in [0, 0.1) is 11.8 Å². The molecule has 0 radical (unpaired) electrons. The van der Waals surface area contributed by atoms with E-state index in [0.717, 1.165) is 0 Å². The Morgan fingerprint density at radius 1 is 1.54 bits per heavy atom. The summed E-state index contributed by atoms with van der Waals surface area (Å²) >= 11 is 0. The van der Waals surface area contributed by atoms with Gasteiger partial charge in [0.2, 0.25) is 0 Å². The van der Waals surface area contributed by atoms with Crippen LogP contribution < -0.4 is 0 Å². The molecule has 0 atom stereocenters. The summed E-state index contributed by atoms with van der Waals surface area (Å²) in [5.41, 5.74) is 0.463. The Bertz CT molecular complexity index is 401. The van der Waals surface area contributed by atoms with E-state index >= 15 is 0 Å². The summed E-state index contributed by atoms with van der Waals surface area (Å²) in [7, 11) is 0. The van der Waals surface area contributed by atoms with Crippen molar-refractivity contribution in [3.8, 4) is 11.8 Å². The lowest BCUT2D eigenvalue weighted by Gasteiger charge is -1.92. The summed E-state index contributed by atoms with van der Waals surface area (Å²) in [6.45, 7) is 0. The van der Waals surface area contributed by atoms with Crippen molar-refractivity contribution in [1.82, 2.24) is 4.98 Å². The maximum atomic E-state index is 10.5. The van der Waals surface area contributed by atoms with Crippen LogP contribution in [-0.2, 0) is 4.79 Å². The van der Waals surface area contributed by atoms with Crippen molar-refractivity contribution in [2.24, 2.45) is 0 Å². The van der Waals surface area contributed by atoms with Crippen LogP contribution in [0.5, 0.6) is 0 Å². The standard InChI is InChI=1S/C9H5NO3/c11-3-1-2-7-4-8(9(12)13)6-10-5-7/h3-6H,(H,12,13). The Balaban J connectivity index is 3.05. The van der Waals surface area contributed by atoms with E-state index in [1.54, 1.807) is 0 Å². The minimum atomic E-state index is -1.07. The summed E-state index contributed by atoms with van der Waals surface area (Å²) in [6.07, 6.45) is 3.05. The van der Waals surface area contributed by atoms with Gasteiger partial charge in [-0.3, -0.25) is 9.78 Å². The van der Waals surface area contributed by atoms with E-state index in [0.29, 0.717) is 11.8 Å². The number of hydrogen-bond acceptors (Lipinski definition) is 3. The maximum absolute atomic E-state index is 10.5. The molecule has 64 valence electrons. The first-order valence-corrected chi connectivity index (χ1v) is 3.37. The highest BCUT2D eigenvalue weighted by Crippen LogP contribution is 2.00. The average Bonchev–Trinajstić information content (AvgIpc) is 2.15. The first-order valence-electron chi connectivity index (χ1n) is 3.37. The van der Waals surface area contributed by atoms with E-state index in [1.165, 1.54) is 18.5 Å². The lowest BCUT2D eigenvalue weighted by molar-refractivity contribution is -0.103. The Kier molecular flexibility index (Phi) is 2.77. The molecule has 0 aromatic carbocycles. The van der Waals surface area contributed by atoms with Crippen LogP contribution in [0.15, 0.2) is 18.5 Å². The second-order valence-electron chi connectivity index (χ2n) is 2.15. The van der Waals surface area contributed by atoms with E-state index in [2.05, 4.69) is 16.8 Å². The van der Waals surface area contributed by atoms with Crippen molar-refractivity contribution >= 4 is 12.3 Å². The smallest absolute Gasteiger partial charge is 0.337 e. The minimum Gasteiger partial charge on any atom is -0.478 e. The zero-order valence-corrected chi connectivity index (χ0v) is 6.52. The summed E-state index contributed by atoms with van der Waals surface area (Å²) < 4.78 is 0. The van der Waals surface area contributed by atoms with Crippen LogP contribution in [0.3, 0.4) is 0 Å². The van der Waals surface area contributed by atoms with Crippen molar-refractivity contribution in [2.75, 3.05) is 0 Å². The summed E-state index contributed by atoms with van der Waals surface area (Å²) in [6, 6.07) is 1.35. The molecule has 1 aromatic rings. The predicted molar refractivity (Wildman–Crippen MR) is 44.1 cm³/mol. The zero-order valence-electron chi connectivity index (χ0n) is 6.52. The highest BCUT2D eigenvalue weighted by atomic mass is 16.4. The molecule has 0 unspecified atom stereocenters. The number of carboxylic acid groups (broad SMARTS) is 1. The normalized spacial score (nSPS) is 8.31. The molecule has 1 N–H and O–H groups in total. The lowest BCUT2D eigenvalue weighted by atomic mass is 10.2. The number of aldehydes is 1. The molecule has 0 saturated carbocycles. The monoisotopic (exact) mass is 175 g/mol. The third kappa shape index (κ3) is 2.42. The first-order chi connectivity index (χ1) is 6.24. The van der Waals surface area contributed by atoms with Gasteiger partial charge in [0.25, 0.3) is 0 Å². The van der Waals surface area contributed by atoms with Gasteiger partial charge in [0, 0.05) is 18.0 Å². The molecule has 0 aliphatic carbocycles. The van der Waals surface area contributed by atoms with Crippen LogP contribution >= 0.6 is 0 Å². The molecule has 0 aliphatic rings. The number of carbonyl (C=O) groups is 2. The number of pyridine rings is 1. The first kappa shape index (κ1) is 8.94. The fourth-order valence-corrected chi connectivity index (χ4v) is 0.738. The Morgan fingerprint density at radius 2 is 2.31 bits per heavy atom. The third-order valence-corrected chi connectivity index (χ3v) is 1.26. The molecule has 4 heteroatoms.